The number of benzene rings is 2. The van der Waals surface area contributed by atoms with Crippen molar-refractivity contribution in [2.45, 2.75) is 0 Å². The summed E-state index contributed by atoms with van der Waals surface area (Å²) in [5, 5.41) is 2.07. The standard InChI is InChI=1S/C16H12ClNO2/c1-20-15-4-2-3-12-13(15)9-14(18-16(12)19)10-5-7-11(17)8-6-10/h2-9H,1H3,(H,18,19). The van der Waals surface area contributed by atoms with E-state index in [9.17, 15) is 4.79 Å². The zero-order valence-electron chi connectivity index (χ0n) is 10.8. The van der Waals surface area contributed by atoms with Gasteiger partial charge in [-0.2, -0.15) is 0 Å². The van der Waals surface area contributed by atoms with E-state index in [2.05, 4.69) is 4.98 Å². The number of aromatic nitrogens is 1. The third kappa shape index (κ3) is 2.17. The molecule has 0 aliphatic rings. The molecule has 1 heterocycles. The maximum atomic E-state index is 12.2. The minimum absolute atomic E-state index is 0.133. The molecule has 0 unspecified atom stereocenters. The normalized spacial score (nSPS) is 10.7. The molecule has 0 amide bonds. The van der Waals surface area contributed by atoms with Gasteiger partial charge in [0.2, 0.25) is 0 Å². The molecule has 1 N–H and O–H groups in total. The van der Waals surface area contributed by atoms with Crippen LogP contribution in [0.25, 0.3) is 22.0 Å². The smallest absolute Gasteiger partial charge is 0.256 e. The highest BCUT2D eigenvalue weighted by atomic mass is 35.5. The maximum absolute atomic E-state index is 12.2. The minimum Gasteiger partial charge on any atom is -0.496 e. The minimum atomic E-state index is -0.133. The number of pyridine rings is 1. The molecule has 0 saturated carbocycles. The molecule has 100 valence electrons. The van der Waals surface area contributed by atoms with E-state index in [0.29, 0.717) is 16.2 Å². The number of hydrogen-bond acceptors (Lipinski definition) is 2. The molecular weight excluding hydrogens is 274 g/mol. The van der Waals surface area contributed by atoms with Gasteiger partial charge in [0.15, 0.2) is 0 Å². The lowest BCUT2D eigenvalue weighted by molar-refractivity contribution is 0.420. The van der Waals surface area contributed by atoms with Gasteiger partial charge in [-0.1, -0.05) is 29.8 Å². The zero-order valence-corrected chi connectivity index (χ0v) is 11.6. The second-order valence-electron chi connectivity index (χ2n) is 4.44. The number of halogens is 1. The third-order valence-corrected chi connectivity index (χ3v) is 3.47. The van der Waals surface area contributed by atoms with Gasteiger partial charge in [-0.25, -0.2) is 0 Å². The van der Waals surface area contributed by atoms with Gasteiger partial charge in [-0.3, -0.25) is 4.79 Å². The summed E-state index contributed by atoms with van der Waals surface area (Å²) in [6.45, 7) is 0. The summed E-state index contributed by atoms with van der Waals surface area (Å²) in [5.41, 5.74) is 1.51. The van der Waals surface area contributed by atoms with E-state index in [1.165, 1.54) is 0 Å². The molecule has 0 radical (unpaired) electrons. The molecule has 20 heavy (non-hydrogen) atoms. The van der Waals surface area contributed by atoms with Gasteiger partial charge in [-0.05, 0) is 35.9 Å². The van der Waals surface area contributed by atoms with Crippen molar-refractivity contribution in [3.63, 3.8) is 0 Å². The predicted molar refractivity (Wildman–Crippen MR) is 81.6 cm³/mol. The fraction of sp³-hybridized carbons (Fsp3) is 0.0625. The predicted octanol–water partition coefficient (Wildman–Crippen LogP) is 3.86. The lowest BCUT2D eigenvalue weighted by Crippen LogP contribution is -2.07. The number of ether oxygens (including phenoxy) is 1. The average molecular weight is 286 g/mol. The largest absolute Gasteiger partial charge is 0.496 e. The summed E-state index contributed by atoms with van der Waals surface area (Å²) < 4.78 is 5.32. The van der Waals surface area contributed by atoms with Gasteiger partial charge in [0, 0.05) is 16.1 Å². The molecule has 1 aromatic heterocycles. The van der Waals surface area contributed by atoms with Gasteiger partial charge in [0.25, 0.3) is 5.56 Å². The Morgan fingerprint density at radius 3 is 2.50 bits per heavy atom. The summed E-state index contributed by atoms with van der Waals surface area (Å²) in [7, 11) is 1.60. The van der Waals surface area contributed by atoms with Gasteiger partial charge in [0.05, 0.1) is 12.5 Å². The first-order valence-corrected chi connectivity index (χ1v) is 6.53. The van der Waals surface area contributed by atoms with E-state index < -0.39 is 0 Å². The third-order valence-electron chi connectivity index (χ3n) is 3.22. The highest BCUT2D eigenvalue weighted by molar-refractivity contribution is 6.30. The molecule has 0 atom stereocenters. The summed E-state index contributed by atoms with van der Waals surface area (Å²) in [4.78, 5) is 15.1. The van der Waals surface area contributed by atoms with Crippen molar-refractivity contribution in [3.8, 4) is 17.0 Å². The Labute approximate surface area is 120 Å². The monoisotopic (exact) mass is 285 g/mol. The highest BCUT2D eigenvalue weighted by Gasteiger charge is 2.07. The molecular formula is C16H12ClNO2. The topological polar surface area (TPSA) is 42.1 Å². The summed E-state index contributed by atoms with van der Waals surface area (Å²) in [6.07, 6.45) is 0. The van der Waals surface area contributed by atoms with E-state index in [-0.39, 0.29) is 5.56 Å². The van der Waals surface area contributed by atoms with Crippen LogP contribution in [0.1, 0.15) is 0 Å². The van der Waals surface area contributed by atoms with Crippen molar-refractivity contribution in [2.75, 3.05) is 7.11 Å². The molecule has 2 aromatic carbocycles. The van der Waals surface area contributed by atoms with E-state index >= 15 is 0 Å². The Hall–Kier alpha value is -2.26. The van der Waals surface area contributed by atoms with Crippen LogP contribution in [-0.4, -0.2) is 12.1 Å². The second-order valence-corrected chi connectivity index (χ2v) is 4.88. The van der Waals surface area contributed by atoms with Crippen molar-refractivity contribution in [1.29, 1.82) is 0 Å². The molecule has 0 aliphatic carbocycles. The van der Waals surface area contributed by atoms with Crippen molar-refractivity contribution < 1.29 is 4.74 Å². The molecule has 0 saturated heterocycles. The molecule has 0 fully saturated rings. The van der Waals surface area contributed by atoms with Crippen LogP contribution in [0.2, 0.25) is 5.02 Å². The SMILES string of the molecule is COc1cccc2c(=O)[nH]c(-c3ccc(Cl)cc3)cc12. The van der Waals surface area contributed by atoms with Gasteiger partial charge in [-0.15, -0.1) is 0 Å². The number of nitrogens with one attached hydrogen (secondary N) is 1. The van der Waals surface area contributed by atoms with Gasteiger partial charge >= 0.3 is 0 Å². The molecule has 0 bridgehead atoms. The lowest BCUT2D eigenvalue weighted by atomic mass is 10.1. The Morgan fingerprint density at radius 1 is 1.05 bits per heavy atom. The number of fused-ring (bicyclic) bond motifs is 1. The van der Waals surface area contributed by atoms with Crippen molar-refractivity contribution in [2.24, 2.45) is 0 Å². The quantitative estimate of drug-likeness (QED) is 0.777. The van der Waals surface area contributed by atoms with Crippen LogP contribution in [0.4, 0.5) is 0 Å². The number of hydrogen-bond donors (Lipinski definition) is 1. The first-order valence-electron chi connectivity index (χ1n) is 6.15. The summed E-state index contributed by atoms with van der Waals surface area (Å²) in [6, 6.07) is 14.7. The van der Waals surface area contributed by atoms with Crippen molar-refractivity contribution in [1.82, 2.24) is 4.98 Å². The van der Waals surface area contributed by atoms with Crippen LogP contribution >= 0.6 is 11.6 Å². The van der Waals surface area contributed by atoms with Gasteiger partial charge in [0.1, 0.15) is 5.75 Å². The molecule has 0 aliphatic heterocycles. The number of methoxy groups -OCH3 is 1. The second kappa shape index (κ2) is 5.02. The Kier molecular flexibility index (Phi) is 3.20. The number of H-pyrrole nitrogens is 1. The highest BCUT2D eigenvalue weighted by Crippen LogP contribution is 2.27. The van der Waals surface area contributed by atoms with Crippen LogP contribution in [0.3, 0.4) is 0 Å². The summed E-state index contributed by atoms with van der Waals surface area (Å²) in [5.74, 6) is 0.684. The van der Waals surface area contributed by atoms with E-state index in [0.717, 1.165) is 16.6 Å². The Balaban J connectivity index is 2.28. The Bertz CT molecular complexity index is 822. The fourth-order valence-corrected chi connectivity index (χ4v) is 2.35. The van der Waals surface area contributed by atoms with Crippen molar-refractivity contribution in [3.05, 3.63) is 63.9 Å². The summed E-state index contributed by atoms with van der Waals surface area (Å²) >= 11 is 5.88. The van der Waals surface area contributed by atoms with E-state index in [4.69, 9.17) is 16.3 Å². The Morgan fingerprint density at radius 2 is 1.80 bits per heavy atom. The van der Waals surface area contributed by atoms with Crippen molar-refractivity contribution >= 4 is 22.4 Å². The average Bonchev–Trinajstić information content (AvgIpc) is 2.47. The molecule has 3 rings (SSSR count). The van der Waals surface area contributed by atoms with Crippen LogP contribution in [-0.2, 0) is 0 Å². The molecule has 3 nitrogen and oxygen atoms in total. The van der Waals surface area contributed by atoms with Crippen LogP contribution in [0.5, 0.6) is 5.75 Å². The first-order chi connectivity index (χ1) is 9.69. The molecule has 0 spiro atoms. The molecule has 4 heteroatoms. The van der Waals surface area contributed by atoms with Crippen LogP contribution in [0.15, 0.2) is 53.3 Å². The molecule has 3 aromatic rings. The maximum Gasteiger partial charge on any atom is 0.256 e. The van der Waals surface area contributed by atoms with Crippen LogP contribution < -0.4 is 10.3 Å². The van der Waals surface area contributed by atoms with E-state index in [1.807, 2.05) is 24.3 Å². The van der Waals surface area contributed by atoms with E-state index in [1.54, 1.807) is 31.4 Å². The zero-order chi connectivity index (χ0) is 14.1. The van der Waals surface area contributed by atoms with Crippen LogP contribution in [0, 0.1) is 0 Å². The van der Waals surface area contributed by atoms with Gasteiger partial charge < -0.3 is 9.72 Å². The number of aromatic amines is 1. The fourth-order valence-electron chi connectivity index (χ4n) is 2.22. The lowest BCUT2D eigenvalue weighted by Gasteiger charge is -2.07. The number of rotatable bonds is 2. The first kappa shape index (κ1) is 12.8.